The number of anilines is 1. The number of hydrogen-bond donors (Lipinski definition) is 2. The summed E-state index contributed by atoms with van der Waals surface area (Å²) in [6.45, 7) is 0.547. The third-order valence-electron chi connectivity index (χ3n) is 4.39. The van der Waals surface area contributed by atoms with Gasteiger partial charge in [0.15, 0.2) is 0 Å². The quantitative estimate of drug-likeness (QED) is 0.276. The Hall–Kier alpha value is -3.10. The predicted molar refractivity (Wildman–Crippen MR) is 114 cm³/mol. The molecule has 4 rings (SSSR count). The molecule has 1 amide bonds. The number of benzene rings is 2. The highest BCUT2D eigenvalue weighted by atomic mass is 35.5. The monoisotopic (exact) mass is 425 g/mol. The van der Waals surface area contributed by atoms with Crippen LogP contribution < -0.4 is 5.32 Å². The minimum Gasteiger partial charge on any atom is -0.342 e. The first-order valence-electron chi connectivity index (χ1n) is 8.69. The molecule has 0 aliphatic rings. The summed E-state index contributed by atoms with van der Waals surface area (Å²) in [6.07, 6.45) is 3.52. The van der Waals surface area contributed by atoms with Crippen molar-refractivity contribution in [2.75, 3.05) is 11.6 Å². The number of halogens is 1. The van der Waals surface area contributed by atoms with Crippen molar-refractivity contribution < 1.29 is 9.59 Å². The maximum atomic E-state index is 12.8. The average Bonchev–Trinajstić information content (AvgIpc) is 3.34. The number of carbonyl (C=O) groups is 2. The zero-order valence-corrected chi connectivity index (χ0v) is 16.9. The van der Waals surface area contributed by atoms with Crippen molar-refractivity contribution in [3.8, 4) is 0 Å². The summed E-state index contributed by atoms with van der Waals surface area (Å²) in [7, 11) is 0. The van der Waals surface area contributed by atoms with Gasteiger partial charge in [-0.05, 0) is 30.0 Å². The fourth-order valence-corrected chi connectivity index (χ4v) is 3.47. The van der Waals surface area contributed by atoms with E-state index in [0.717, 1.165) is 11.1 Å². The van der Waals surface area contributed by atoms with E-state index in [1.807, 2.05) is 59.4 Å². The molecule has 2 aromatic heterocycles. The highest BCUT2D eigenvalue weighted by Crippen LogP contribution is 2.24. The molecule has 0 radical (unpaired) electrons. The number of hydrogen-bond acceptors (Lipinski definition) is 5. The maximum absolute atomic E-state index is 12.8. The number of nitrogens with one attached hydrogen (secondary N) is 2. The Morgan fingerprint density at radius 1 is 1.17 bits per heavy atom. The van der Waals surface area contributed by atoms with Gasteiger partial charge in [-0.1, -0.05) is 53.7 Å². The fraction of sp³-hybridized carbons (Fsp3) is 0.100. The van der Waals surface area contributed by atoms with E-state index < -0.39 is 11.7 Å². The summed E-state index contributed by atoms with van der Waals surface area (Å²) >= 11 is 7.29. The lowest BCUT2D eigenvalue weighted by Crippen LogP contribution is -2.23. The first-order chi connectivity index (χ1) is 14.0. The van der Waals surface area contributed by atoms with Gasteiger partial charge in [-0.3, -0.25) is 14.9 Å². The average molecular weight is 426 g/mol. The zero-order chi connectivity index (χ0) is 20.4. The maximum Gasteiger partial charge on any atom is 0.299 e. The van der Waals surface area contributed by atoms with E-state index in [0.29, 0.717) is 27.7 Å². The van der Waals surface area contributed by atoms with Crippen LogP contribution in [0.5, 0.6) is 0 Å². The summed E-state index contributed by atoms with van der Waals surface area (Å²) in [5, 5.41) is 10.8. The van der Waals surface area contributed by atoms with Crippen LogP contribution in [0.4, 0.5) is 5.95 Å². The second kappa shape index (κ2) is 8.10. The molecule has 0 aliphatic carbocycles. The van der Waals surface area contributed by atoms with Gasteiger partial charge < -0.3 is 4.57 Å². The molecule has 7 nitrogen and oxygen atoms in total. The SMILES string of the molecule is CSc1n[nH]c(NC(=O)C(=O)c2cn(Cc3ccc(Cl)cc3)c3ccccc23)n1. The summed E-state index contributed by atoms with van der Waals surface area (Å²) in [5.74, 6) is -1.28. The number of rotatable bonds is 6. The van der Waals surface area contributed by atoms with Crippen molar-refractivity contribution in [1.82, 2.24) is 19.7 Å². The van der Waals surface area contributed by atoms with Crippen LogP contribution >= 0.6 is 23.4 Å². The lowest BCUT2D eigenvalue weighted by atomic mass is 10.1. The van der Waals surface area contributed by atoms with Crippen LogP contribution in [0.3, 0.4) is 0 Å². The second-order valence-electron chi connectivity index (χ2n) is 6.27. The van der Waals surface area contributed by atoms with E-state index in [1.54, 1.807) is 6.20 Å². The smallest absolute Gasteiger partial charge is 0.299 e. The lowest BCUT2D eigenvalue weighted by Gasteiger charge is -2.05. The molecular formula is C20H16ClN5O2S. The molecule has 0 saturated carbocycles. The van der Waals surface area contributed by atoms with Gasteiger partial charge in [0.2, 0.25) is 11.1 Å². The molecule has 146 valence electrons. The van der Waals surface area contributed by atoms with Crippen molar-refractivity contribution in [1.29, 1.82) is 0 Å². The Morgan fingerprint density at radius 3 is 2.66 bits per heavy atom. The van der Waals surface area contributed by atoms with Crippen molar-refractivity contribution >= 4 is 51.9 Å². The van der Waals surface area contributed by atoms with Gasteiger partial charge in [0.05, 0.1) is 5.56 Å². The molecular weight excluding hydrogens is 410 g/mol. The summed E-state index contributed by atoms with van der Waals surface area (Å²) in [6, 6.07) is 15.0. The third-order valence-corrected chi connectivity index (χ3v) is 5.18. The first-order valence-corrected chi connectivity index (χ1v) is 10.3. The molecule has 0 aliphatic heterocycles. The van der Waals surface area contributed by atoms with Crippen LogP contribution in [0.25, 0.3) is 10.9 Å². The number of H-pyrrole nitrogens is 1. The van der Waals surface area contributed by atoms with Crippen LogP contribution in [-0.2, 0) is 11.3 Å². The van der Waals surface area contributed by atoms with Gasteiger partial charge in [0.25, 0.3) is 11.7 Å². The highest BCUT2D eigenvalue weighted by molar-refractivity contribution is 7.98. The standard InChI is InChI=1S/C20H16ClN5O2S/c1-29-20-23-19(24-25-20)22-18(28)17(27)15-11-26(16-5-3-2-4-14(15)16)10-12-6-8-13(21)9-7-12/h2-9,11H,10H2,1H3,(H2,22,23,24,25,28). The van der Waals surface area contributed by atoms with Gasteiger partial charge >= 0.3 is 0 Å². The summed E-state index contributed by atoms with van der Waals surface area (Å²) < 4.78 is 1.94. The van der Waals surface area contributed by atoms with Crippen LogP contribution in [-0.4, -0.2) is 37.7 Å². The molecule has 0 atom stereocenters. The van der Waals surface area contributed by atoms with E-state index in [4.69, 9.17) is 11.6 Å². The van der Waals surface area contributed by atoms with Crippen molar-refractivity contribution in [2.24, 2.45) is 0 Å². The fourth-order valence-electron chi connectivity index (χ4n) is 3.03. The number of nitrogens with zero attached hydrogens (tertiary/aromatic N) is 3. The molecule has 9 heteroatoms. The number of thioether (sulfide) groups is 1. The van der Waals surface area contributed by atoms with Gasteiger partial charge in [0.1, 0.15) is 0 Å². The Kier molecular flexibility index (Phi) is 5.37. The van der Waals surface area contributed by atoms with Crippen molar-refractivity contribution in [2.45, 2.75) is 11.7 Å². The predicted octanol–water partition coefficient (Wildman–Crippen LogP) is 4.00. The normalized spacial score (nSPS) is 11.0. The van der Waals surface area contributed by atoms with Crippen molar-refractivity contribution in [3.05, 3.63) is 70.9 Å². The number of ketones is 1. The van der Waals surface area contributed by atoms with Crippen LogP contribution in [0.2, 0.25) is 5.02 Å². The zero-order valence-electron chi connectivity index (χ0n) is 15.3. The molecule has 0 fully saturated rings. The molecule has 0 unspecified atom stereocenters. The molecule has 4 aromatic rings. The summed E-state index contributed by atoms with van der Waals surface area (Å²) in [4.78, 5) is 29.4. The molecule has 29 heavy (non-hydrogen) atoms. The number of carbonyl (C=O) groups excluding carboxylic acids is 2. The number of fused-ring (bicyclic) bond motifs is 1. The van der Waals surface area contributed by atoms with Crippen LogP contribution in [0.15, 0.2) is 59.9 Å². The second-order valence-corrected chi connectivity index (χ2v) is 7.48. The number of aromatic amines is 1. The first kappa shape index (κ1) is 19.2. The van der Waals surface area contributed by atoms with Crippen LogP contribution in [0, 0.1) is 0 Å². The van der Waals surface area contributed by atoms with E-state index in [2.05, 4.69) is 20.5 Å². The Morgan fingerprint density at radius 2 is 1.93 bits per heavy atom. The summed E-state index contributed by atoms with van der Waals surface area (Å²) in [5.41, 5.74) is 2.23. The highest BCUT2D eigenvalue weighted by Gasteiger charge is 2.22. The van der Waals surface area contributed by atoms with Gasteiger partial charge in [0, 0.05) is 28.7 Å². The van der Waals surface area contributed by atoms with Gasteiger partial charge in [-0.25, -0.2) is 5.10 Å². The molecule has 0 saturated heterocycles. The molecule has 2 heterocycles. The van der Waals surface area contributed by atoms with E-state index >= 15 is 0 Å². The Bertz CT molecular complexity index is 1200. The number of Topliss-reactive ketones (excluding diaryl/α,β-unsaturated/α-hetero) is 1. The van der Waals surface area contributed by atoms with Crippen LogP contribution in [0.1, 0.15) is 15.9 Å². The number of amides is 1. The molecule has 0 spiro atoms. The third kappa shape index (κ3) is 4.03. The van der Waals surface area contributed by atoms with E-state index in [9.17, 15) is 9.59 Å². The minimum atomic E-state index is -0.775. The topological polar surface area (TPSA) is 92.7 Å². The molecule has 2 aromatic carbocycles. The van der Waals surface area contributed by atoms with Gasteiger partial charge in [-0.2, -0.15) is 4.98 Å². The molecule has 0 bridgehead atoms. The Labute approximate surface area is 175 Å². The number of para-hydroxylation sites is 1. The Balaban J connectivity index is 1.63. The largest absolute Gasteiger partial charge is 0.342 e. The van der Waals surface area contributed by atoms with Gasteiger partial charge in [-0.15, -0.1) is 5.10 Å². The van der Waals surface area contributed by atoms with Crippen molar-refractivity contribution in [3.63, 3.8) is 0 Å². The lowest BCUT2D eigenvalue weighted by molar-refractivity contribution is -0.112. The van der Waals surface area contributed by atoms with E-state index in [-0.39, 0.29) is 5.95 Å². The molecule has 2 N–H and O–H groups in total. The van der Waals surface area contributed by atoms with E-state index in [1.165, 1.54) is 11.8 Å². The number of aromatic nitrogens is 4. The minimum absolute atomic E-state index is 0.137.